The summed E-state index contributed by atoms with van der Waals surface area (Å²) in [7, 11) is 0. The number of hydrazine groups is 1. The highest BCUT2D eigenvalue weighted by molar-refractivity contribution is 5.91. The van der Waals surface area contributed by atoms with Crippen LogP contribution in [0.15, 0.2) is 24.3 Å². The number of aryl methyl sites for hydroxylation is 1. The van der Waals surface area contributed by atoms with Gasteiger partial charge in [0.05, 0.1) is 6.42 Å². The van der Waals surface area contributed by atoms with E-state index in [0.717, 1.165) is 28.6 Å². The number of H-pyrrole nitrogens is 1. The lowest BCUT2D eigenvalue weighted by molar-refractivity contribution is -0.480. The summed E-state index contributed by atoms with van der Waals surface area (Å²) < 4.78 is 0. The molecule has 0 radical (unpaired) electrons. The Hall–Kier alpha value is -2.90. The van der Waals surface area contributed by atoms with Crippen LogP contribution in [-0.4, -0.2) is 51.4 Å². The summed E-state index contributed by atoms with van der Waals surface area (Å²) in [5, 5.41) is 14.5. The van der Waals surface area contributed by atoms with E-state index in [1.54, 1.807) is 10.0 Å². The minimum Gasteiger partial charge on any atom is -0.358 e. The van der Waals surface area contributed by atoms with E-state index in [-0.39, 0.29) is 29.7 Å². The van der Waals surface area contributed by atoms with Gasteiger partial charge in [-0.15, -0.1) is 0 Å². The third kappa shape index (κ3) is 4.49. The number of aromatic nitrogens is 1. The highest BCUT2D eigenvalue weighted by Gasteiger charge is 2.30. The Bertz CT molecular complexity index is 876. The summed E-state index contributed by atoms with van der Waals surface area (Å²) in [6.45, 7) is 2.99. The highest BCUT2D eigenvalue weighted by Crippen LogP contribution is 2.24. The summed E-state index contributed by atoms with van der Waals surface area (Å²) in [6, 6.07) is 7.89. The molecule has 3 rings (SSSR count). The molecule has 8 heteroatoms. The first-order chi connectivity index (χ1) is 13.5. The first kappa shape index (κ1) is 19.9. The third-order valence-electron chi connectivity index (χ3n) is 5.19. The van der Waals surface area contributed by atoms with E-state index in [2.05, 4.69) is 4.98 Å². The average Bonchev–Trinajstić information content (AvgIpc) is 3.26. The van der Waals surface area contributed by atoms with Gasteiger partial charge in [-0.1, -0.05) is 18.2 Å². The molecule has 1 aliphatic rings. The number of nitrogens with one attached hydrogen (secondary N) is 1. The van der Waals surface area contributed by atoms with Crippen LogP contribution in [0.5, 0.6) is 0 Å². The van der Waals surface area contributed by atoms with Crippen LogP contribution in [0.3, 0.4) is 0 Å². The van der Waals surface area contributed by atoms with Crippen molar-refractivity contribution in [2.75, 3.05) is 19.6 Å². The molecule has 2 aromatic rings. The van der Waals surface area contributed by atoms with Gasteiger partial charge in [-0.25, -0.2) is 0 Å². The number of unbranched alkanes of at least 4 members (excludes halogenated alkanes) is 2. The minimum atomic E-state index is -0.338. The SMILES string of the molecule is Cc1[nH]c2ccccc2c1CC(=O)N1CCCN1C(=O)CCCCC[N+](=O)[O-]. The molecule has 1 fully saturated rings. The molecule has 0 bridgehead atoms. The first-order valence-electron chi connectivity index (χ1n) is 9.76. The molecule has 1 N–H and O–H groups in total. The molecule has 1 aromatic carbocycles. The molecule has 2 amide bonds. The summed E-state index contributed by atoms with van der Waals surface area (Å²) >= 11 is 0. The van der Waals surface area contributed by atoms with Gasteiger partial charge < -0.3 is 4.98 Å². The predicted molar refractivity (Wildman–Crippen MR) is 105 cm³/mol. The van der Waals surface area contributed by atoms with Gasteiger partial charge in [-0.05, 0) is 37.8 Å². The number of carbonyl (C=O) groups excluding carboxylic acids is 2. The Balaban J connectivity index is 1.59. The van der Waals surface area contributed by atoms with Crippen LogP contribution in [0.4, 0.5) is 0 Å². The minimum absolute atomic E-state index is 0.0630. The Morgan fingerprint density at radius 3 is 2.57 bits per heavy atom. The molecule has 28 heavy (non-hydrogen) atoms. The number of hydrogen-bond donors (Lipinski definition) is 1. The fourth-order valence-electron chi connectivity index (χ4n) is 3.76. The molecule has 8 nitrogen and oxygen atoms in total. The van der Waals surface area contributed by atoms with E-state index in [9.17, 15) is 19.7 Å². The smallest absolute Gasteiger partial charge is 0.245 e. The van der Waals surface area contributed by atoms with Crippen molar-refractivity contribution in [3.63, 3.8) is 0 Å². The van der Waals surface area contributed by atoms with Crippen molar-refractivity contribution in [3.8, 4) is 0 Å². The third-order valence-corrected chi connectivity index (χ3v) is 5.19. The number of hydrogen-bond acceptors (Lipinski definition) is 4. The van der Waals surface area contributed by atoms with Crippen LogP contribution in [0.2, 0.25) is 0 Å². The maximum atomic E-state index is 12.9. The number of fused-ring (bicyclic) bond motifs is 1. The van der Waals surface area contributed by atoms with Crippen LogP contribution < -0.4 is 0 Å². The molecule has 1 saturated heterocycles. The van der Waals surface area contributed by atoms with Crippen molar-refractivity contribution in [1.82, 2.24) is 15.0 Å². The van der Waals surface area contributed by atoms with E-state index < -0.39 is 0 Å². The van der Waals surface area contributed by atoms with E-state index in [1.807, 2.05) is 31.2 Å². The van der Waals surface area contributed by atoms with E-state index >= 15 is 0 Å². The van der Waals surface area contributed by atoms with Crippen LogP contribution in [0.1, 0.15) is 43.4 Å². The molecule has 2 heterocycles. The molecule has 0 spiro atoms. The van der Waals surface area contributed by atoms with Gasteiger partial charge in [0, 0.05) is 47.5 Å². The number of carbonyl (C=O) groups is 2. The van der Waals surface area contributed by atoms with Gasteiger partial charge in [0.2, 0.25) is 18.4 Å². The predicted octanol–water partition coefficient (Wildman–Crippen LogP) is 2.83. The molecule has 0 atom stereocenters. The second kappa shape index (κ2) is 8.86. The maximum Gasteiger partial charge on any atom is 0.245 e. The molecular weight excluding hydrogens is 360 g/mol. The normalized spacial score (nSPS) is 14.0. The number of amides is 2. The van der Waals surface area contributed by atoms with Gasteiger partial charge in [0.25, 0.3) is 0 Å². The van der Waals surface area contributed by atoms with Crippen molar-refractivity contribution < 1.29 is 14.5 Å². The van der Waals surface area contributed by atoms with Gasteiger partial charge >= 0.3 is 0 Å². The van der Waals surface area contributed by atoms with Gasteiger partial charge in [0.1, 0.15) is 0 Å². The lowest BCUT2D eigenvalue weighted by atomic mass is 10.1. The van der Waals surface area contributed by atoms with Crippen molar-refractivity contribution in [2.24, 2.45) is 0 Å². The zero-order chi connectivity index (χ0) is 20.1. The largest absolute Gasteiger partial charge is 0.358 e. The fraction of sp³-hybridized carbons (Fsp3) is 0.500. The summed E-state index contributed by atoms with van der Waals surface area (Å²) in [5.74, 6) is -0.158. The number of nitro groups is 1. The average molecular weight is 386 g/mol. The van der Waals surface area contributed by atoms with Gasteiger partial charge in [-0.2, -0.15) is 0 Å². The van der Waals surface area contributed by atoms with E-state index in [0.29, 0.717) is 38.8 Å². The molecule has 1 aromatic heterocycles. The van der Waals surface area contributed by atoms with Gasteiger partial charge in [-0.3, -0.25) is 29.7 Å². The van der Waals surface area contributed by atoms with Crippen molar-refractivity contribution in [2.45, 2.75) is 45.4 Å². The molecular formula is C20H26N4O4. The van der Waals surface area contributed by atoms with Crippen LogP contribution in [0, 0.1) is 17.0 Å². The lowest BCUT2D eigenvalue weighted by Crippen LogP contribution is -2.45. The first-order valence-corrected chi connectivity index (χ1v) is 9.76. The number of para-hydroxylation sites is 1. The highest BCUT2D eigenvalue weighted by atomic mass is 16.6. The quantitative estimate of drug-likeness (QED) is 0.428. The van der Waals surface area contributed by atoms with E-state index in [4.69, 9.17) is 0 Å². The Morgan fingerprint density at radius 2 is 1.82 bits per heavy atom. The van der Waals surface area contributed by atoms with Crippen LogP contribution in [-0.2, 0) is 16.0 Å². The maximum absolute atomic E-state index is 12.9. The number of benzene rings is 1. The van der Waals surface area contributed by atoms with Crippen LogP contribution >= 0.6 is 0 Å². The number of nitrogens with zero attached hydrogens (tertiary/aromatic N) is 3. The zero-order valence-electron chi connectivity index (χ0n) is 16.1. The molecule has 0 unspecified atom stereocenters. The molecule has 1 aliphatic heterocycles. The summed E-state index contributed by atoms with van der Waals surface area (Å²) in [4.78, 5) is 38.8. The molecule has 0 aliphatic carbocycles. The Kier molecular flexibility index (Phi) is 6.28. The second-order valence-electron chi connectivity index (χ2n) is 7.21. The molecule has 150 valence electrons. The van der Waals surface area contributed by atoms with Gasteiger partial charge in [0.15, 0.2) is 0 Å². The Labute approximate surface area is 163 Å². The molecule has 0 saturated carbocycles. The van der Waals surface area contributed by atoms with Crippen molar-refractivity contribution >= 4 is 22.7 Å². The lowest BCUT2D eigenvalue weighted by Gasteiger charge is -2.28. The number of rotatable bonds is 8. The second-order valence-corrected chi connectivity index (χ2v) is 7.21. The van der Waals surface area contributed by atoms with E-state index in [1.165, 1.54) is 0 Å². The fourth-order valence-corrected chi connectivity index (χ4v) is 3.76. The van der Waals surface area contributed by atoms with Crippen molar-refractivity contribution in [1.29, 1.82) is 0 Å². The standard InChI is InChI=1S/C20H26N4O4/c1-15-17(16-8-4-5-9-18(16)21-15)14-20(26)23-12-7-11-22(23)19(25)10-3-2-6-13-24(27)28/h4-5,8-9,21H,2-3,6-7,10-14H2,1H3. The van der Waals surface area contributed by atoms with Crippen molar-refractivity contribution in [3.05, 3.63) is 45.6 Å². The summed E-state index contributed by atoms with van der Waals surface area (Å²) in [5.41, 5.74) is 2.95. The van der Waals surface area contributed by atoms with Crippen LogP contribution in [0.25, 0.3) is 10.9 Å². The summed E-state index contributed by atoms with van der Waals surface area (Å²) in [6.07, 6.45) is 3.06. The zero-order valence-corrected chi connectivity index (χ0v) is 16.1. The Morgan fingerprint density at radius 1 is 1.11 bits per heavy atom. The topological polar surface area (TPSA) is 99.6 Å². The number of aromatic amines is 1. The monoisotopic (exact) mass is 386 g/mol.